The van der Waals surface area contributed by atoms with E-state index in [0.717, 1.165) is 36.0 Å². The van der Waals surface area contributed by atoms with Gasteiger partial charge in [-0.25, -0.2) is 4.79 Å². The summed E-state index contributed by atoms with van der Waals surface area (Å²) < 4.78 is 5.51. The Labute approximate surface area is 227 Å². The monoisotopic (exact) mass is 521 g/mol. The molecule has 1 aliphatic carbocycles. The summed E-state index contributed by atoms with van der Waals surface area (Å²) in [5, 5.41) is 5.89. The number of nitrogens with zero attached hydrogens (tertiary/aromatic N) is 1. The number of nitrogens with one attached hydrogen (secondary N) is 2. The molecular formula is C31H43N3O4. The van der Waals surface area contributed by atoms with Gasteiger partial charge in [0.15, 0.2) is 0 Å². The van der Waals surface area contributed by atoms with Crippen LogP contribution < -0.4 is 10.6 Å². The number of rotatable bonds is 11. The zero-order valence-corrected chi connectivity index (χ0v) is 23.6. The lowest BCUT2D eigenvalue weighted by atomic mass is 9.96. The van der Waals surface area contributed by atoms with Gasteiger partial charge in [-0.3, -0.25) is 9.59 Å². The van der Waals surface area contributed by atoms with E-state index in [9.17, 15) is 14.4 Å². The van der Waals surface area contributed by atoms with Gasteiger partial charge in [-0.1, -0.05) is 74.9 Å². The first-order valence-electron chi connectivity index (χ1n) is 13.7. The van der Waals surface area contributed by atoms with Crippen LogP contribution in [-0.2, 0) is 20.7 Å². The van der Waals surface area contributed by atoms with Crippen LogP contribution in [0.15, 0.2) is 54.6 Å². The minimum Gasteiger partial charge on any atom is -0.444 e. The number of ether oxygens (including phenoxy) is 1. The van der Waals surface area contributed by atoms with Crippen LogP contribution >= 0.6 is 0 Å². The smallest absolute Gasteiger partial charge is 0.408 e. The largest absolute Gasteiger partial charge is 0.444 e. The lowest BCUT2D eigenvalue weighted by molar-refractivity contribution is -0.143. The van der Waals surface area contributed by atoms with Crippen LogP contribution in [0.3, 0.4) is 0 Å². The molecule has 206 valence electrons. The molecule has 7 nitrogen and oxygen atoms in total. The fraction of sp³-hybridized carbons (Fsp3) is 0.516. The van der Waals surface area contributed by atoms with Crippen LogP contribution in [0, 0.1) is 12.8 Å². The maximum atomic E-state index is 14.4. The van der Waals surface area contributed by atoms with E-state index in [4.69, 9.17) is 4.74 Å². The van der Waals surface area contributed by atoms with Crippen LogP contribution in [-0.4, -0.2) is 47.0 Å². The van der Waals surface area contributed by atoms with Gasteiger partial charge in [-0.2, -0.15) is 0 Å². The number of hydrogen-bond acceptors (Lipinski definition) is 4. The van der Waals surface area contributed by atoms with Gasteiger partial charge in [-0.05, 0) is 63.1 Å². The summed E-state index contributed by atoms with van der Waals surface area (Å²) in [7, 11) is 0. The molecule has 0 saturated heterocycles. The first kappa shape index (κ1) is 29.2. The molecule has 2 aromatic rings. The third kappa shape index (κ3) is 8.07. The number of carbonyl (C=O) groups excluding carboxylic acids is 3. The van der Waals surface area contributed by atoms with Crippen LogP contribution in [0.2, 0.25) is 0 Å². The van der Waals surface area contributed by atoms with E-state index < -0.39 is 23.8 Å². The molecule has 0 radical (unpaired) electrons. The molecule has 0 heterocycles. The number of benzene rings is 2. The molecule has 2 N–H and O–H groups in total. The Bertz CT molecular complexity index is 1100. The molecule has 0 bridgehead atoms. The molecule has 2 aromatic carbocycles. The van der Waals surface area contributed by atoms with Crippen LogP contribution in [0.25, 0.3) is 0 Å². The van der Waals surface area contributed by atoms with Crippen LogP contribution in [0.4, 0.5) is 4.79 Å². The predicted octanol–water partition coefficient (Wildman–Crippen LogP) is 5.33. The first-order chi connectivity index (χ1) is 18.0. The lowest BCUT2D eigenvalue weighted by Crippen LogP contribution is -2.55. The molecule has 0 spiro atoms. The van der Waals surface area contributed by atoms with E-state index in [1.807, 2.05) is 61.5 Å². The van der Waals surface area contributed by atoms with Gasteiger partial charge < -0.3 is 20.3 Å². The fourth-order valence-corrected chi connectivity index (χ4v) is 4.65. The van der Waals surface area contributed by atoms with E-state index in [1.54, 1.807) is 25.7 Å². The zero-order chi connectivity index (χ0) is 27.9. The molecule has 4 atom stereocenters. The zero-order valence-electron chi connectivity index (χ0n) is 23.6. The highest BCUT2D eigenvalue weighted by atomic mass is 16.6. The molecule has 38 heavy (non-hydrogen) atoms. The number of amides is 3. The molecular weight excluding hydrogens is 478 g/mol. The third-order valence-corrected chi connectivity index (χ3v) is 6.79. The normalized spacial score (nSPS) is 18.2. The van der Waals surface area contributed by atoms with Crippen molar-refractivity contribution >= 4 is 17.9 Å². The van der Waals surface area contributed by atoms with Crippen molar-refractivity contribution in [3.63, 3.8) is 0 Å². The van der Waals surface area contributed by atoms with Gasteiger partial charge in [0.25, 0.3) is 0 Å². The van der Waals surface area contributed by atoms with Crippen molar-refractivity contribution in [3.05, 3.63) is 71.3 Å². The van der Waals surface area contributed by atoms with Gasteiger partial charge >= 0.3 is 6.09 Å². The number of carbonyl (C=O) groups is 3. The summed E-state index contributed by atoms with van der Waals surface area (Å²) in [6.07, 6.45) is 2.25. The Morgan fingerprint density at radius 1 is 1.05 bits per heavy atom. The van der Waals surface area contributed by atoms with Gasteiger partial charge in [-0.15, -0.1) is 0 Å². The minimum atomic E-state index is -0.894. The Kier molecular flexibility index (Phi) is 9.95. The summed E-state index contributed by atoms with van der Waals surface area (Å²) >= 11 is 0. The molecule has 0 aromatic heterocycles. The average Bonchev–Trinajstić information content (AvgIpc) is 3.57. The molecule has 7 heteroatoms. The second kappa shape index (κ2) is 12.9. The molecule has 1 fully saturated rings. The Hall–Kier alpha value is -3.35. The summed E-state index contributed by atoms with van der Waals surface area (Å²) in [5.74, 6) is -0.225. The Morgan fingerprint density at radius 3 is 2.26 bits per heavy atom. The van der Waals surface area contributed by atoms with Crippen LogP contribution in [0.1, 0.15) is 76.6 Å². The number of aryl methyl sites for hydroxylation is 1. The lowest BCUT2D eigenvalue weighted by Gasteiger charge is -2.35. The van der Waals surface area contributed by atoms with Gasteiger partial charge in [0.2, 0.25) is 11.8 Å². The van der Waals surface area contributed by atoms with E-state index >= 15 is 0 Å². The van der Waals surface area contributed by atoms with Gasteiger partial charge in [0.05, 0.1) is 0 Å². The summed E-state index contributed by atoms with van der Waals surface area (Å²) in [4.78, 5) is 42.7. The maximum Gasteiger partial charge on any atom is 0.408 e. The maximum absolute atomic E-state index is 14.4. The van der Waals surface area contributed by atoms with Crippen molar-refractivity contribution in [2.45, 2.75) is 91.0 Å². The van der Waals surface area contributed by atoms with Crippen molar-refractivity contribution in [2.24, 2.45) is 5.92 Å². The molecule has 4 unspecified atom stereocenters. The highest BCUT2D eigenvalue weighted by Crippen LogP contribution is 2.41. The standard InChI is InChI=1S/C31H43N3O4/c1-7-8-18-32-28(35)27(24-17-13-12-14-21(24)2)34(26-19-22(26)3)29(36)25(20-23-15-10-9-11-16-23)33-30(37)38-31(4,5)6/h9-17,22,25-27H,7-8,18-20H2,1-6H3,(H,32,35)(H,33,37). The van der Waals surface area contributed by atoms with Crippen molar-refractivity contribution in [2.75, 3.05) is 6.54 Å². The topological polar surface area (TPSA) is 87.7 Å². The highest BCUT2D eigenvalue weighted by Gasteiger charge is 2.48. The Balaban J connectivity index is 2.01. The van der Waals surface area contributed by atoms with Crippen molar-refractivity contribution in [1.82, 2.24) is 15.5 Å². The predicted molar refractivity (Wildman–Crippen MR) is 150 cm³/mol. The van der Waals surface area contributed by atoms with Crippen molar-refractivity contribution in [3.8, 4) is 0 Å². The second-order valence-corrected chi connectivity index (χ2v) is 11.3. The number of unbranched alkanes of at least 4 members (excludes halogenated alkanes) is 1. The second-order valence-electron chi connectivity index (χ2n) is 11.3. The number of alkyl carbamates (subject to hydrolysis) is 1. The van der Waals surface area contributed by atoms with Gasteiger partial charge in [0.1, 0.15) is 17.7 Å². The molecule has 1 saturated carbocycles. The summed E-state index contributed by atoms with van der Waals surface area (Å²) in [5.41, 5.74) is 1.93. The van der Waals surface area contributed by atoms with Crippen molar-refractivity contribution in [1.29, 1.82) is 0 Å². The van der Waals surface area contributed by atoms with Gasteiger partial charge in [0, 0.05) is 19.0 Å². The Morgan fingerprint density at radius 2 is 1.68 bits per heavy atom. The van der Waals surface area contributed by atoms with Crippen LogP contribution in [0.5, 0.6) is 0 Å². The van der Waals surface area contributed by atoms with Crippen molar-refractivity contribution < 1.29 is 19.1 Å². The molecule has 3 rings (SSSR count). The van der Waals surface area contributed by atoms with E-state index in [0.29, 0.717) is 6.54 Å². The summed E-state index contributed by atoms with van der Waals surface area (Å²) in [6, 6.07) is 15.5. The van der Waals surface area contributed by atoms with E-state index in [1.165, 1.54) is 0 Å². The average molecular weight is 522 g/mol. The quantitative estimate of drug-likeness (QED) is 0.392. The molecule has 3 amide bonds. The number of hydrogen-bond donors (Lipinski definition) is 2. The van der Waals surface area contributed by atoms with E-state index in [-0.39, 0.29) is 30.2 Å². The fourth-order valence-electron chi connectivity index (χ4n) is 4.65. The summed E-state index contributed by atoms with van der Waals surface area (Å²) in [6.45, 7) is 12.0. The highest BCUT2D eigenvalue weighted by molar-refractivity contribution is 5.93. The molecule has 1 aliphatic rings. The molecule has 0 aliphatic heterocycles. The minimum absolute atomic E-state index is 0.0947. The SMILES string of the molecule is CCCCNC(=O)C(c1ccccc1C)N(C(=O)C(Cc1ccccc1)NC(=O)OC(C)(C)C)C1CC1C. The first-order valence-corrected chi connectivity index (χ1v) is 13.7. The third-order valence-electron chi connectivity index (χ3n) is 6.79. The van der Waals surface area contributed by atoms with E-state index in [2.05, 4.69) is 24.5 Å².